The topological polar surface area (TPSA) is 49.4 Å². The number of benzene rings is 1. The van der Waals surface area contributed by atoms with Crippen molar-refractivity contribution >= 4 is 34.9 Å². The van der Waals surface area contributed by atoms with Crippen molar-refractivity contribution in [2.45, 2.75) is 32.6 Å². The van der Waals surface area contributed by atoms with E-state index in [4.69, 9.17) is 23.2 Å². The van der Waals surface area contributed by atoms with E-state index in [1.54, 1.807) is 13.0 Å². The van der Waals surface area contributed by atoms with Crippen molar-refractivity contribution in [3.8, 4) is 0 Å². The summed E-state index contributed by atoms with van der Waals surface area (Å²) in [7, 11) is 0. The first-order valence-electron chi connectivity index (χ1n) is 8.78. The Morgan fingerprint density at radius 2 is 1.88 bits per heavy atom. The van der Waals surface area contributed by atoms with Gasteiger partial charge in [0.15, 0.2) is 0 Å². The van der Waals surface area contributed by atoms with Crippen LogP contribution in [0.2, 0.25) is 10.0 Å². The third-order valence-corrected chi connectivity index (χ3v) is 6.57. The number of hydrogen-bond acceptors (Lipinski definition) is 3. The fourth-order valence-corrected chi connectivity index (χ4v) is 4.53. The van der Waals surface area contributed by atoms with Crippen LogP contribution in [0.25, 0.3) is 0 Å². The highest BCUT2D eigenvalue weighted by Crippen LogP contribution is 2.44. The van der Waals surface area contributed by atoms with E-state index >= 15 is 0 Å². The van der Waals surface area contributed by atoms with Crippen molar-refractivity contribution in [3.63, 3.8) is 0 Å². The monoisotopic (exact) mass is 382 g/mol. The molecule has 0 bridgehead atoms. The first-order valence-corrected chi connectivity index (χ1v) is 9.54. The van der Waals surface area contributed by atoms with Crippen LogP contribution in [0.1, 0.15) is 38.2 Å². The molecule has 2 atom stereocenters. The number of nitrogens with zero attached hydrogens (tertiary/aromatic N) is 1. The van der Waals surface area contributed by atoms with Crippen molar-refractivity contribution in [3.05, 3.63) is 33.8 Å². The Hall–Kier alpha value is -1.10. The molecule has 136 valence electrons. The lowest BCUT2D eigenvalue weighted by atomic mass is 9.68. The maximum Gasteiger partial charge on any atom is 0.219 e. The normalized spacial score (nSPS) is 27.5. The third-order valence-electron chi connectivity index (χ3n) is 5.83. The molecule has 4 nitrogen and oxygen atoms in total. The average Bonchev–Trinajstić information content (AvgIpc) is 2.99. The summed E-state index contributed by atoms with van der Waals surface area (Å²) in [5, 5.41) is 4.43. The van der Waals surface area contributed by atoms with Gasteiger partial charge >= 0.3 is 0 Å². The summed E-state index contributed by atoms with van der Waals surface area (Å²) < 4.78 is 0. The number of amides is 1. The molecule has 2 aliphatic heterocycles. The van der Waals surface area contributed by atoms with Crippen molar-refractivity contribution < 1.29 is 9.59 Å². The van der Waals surface area contributed by atoms with Gasteiger partial charge in [0.2, 0.25) is 5.91 Å². The molecule has 0 aliphatic carbocycles. The molecule has 2 heterocycles. The SMILES string of the molecule is CC(=O)N1CCC(C(=O)[C@]2(C)CNC[C@@H]2c2ccc(Cl)c(Cl)c2)CC1. The molecule has 1 N–H and O–H groups in total. The fraction of sp³-hybridized carbons (Fsp3) is 0.579. The Balaban J connectivity index is 1.78. The average molecular weight is 383 g/mol. The Kier molecular flexibility index (Phi) is 5.42. The van der Waals surface area contributed by atoms with E-state index in [9.17, 15) is 9.59 Å². The number of carbonyl (C=O) groups excluding carboxylic acids is 2. The predicted octanol–water partition coefficient (Wildman–Crippen LogP) is 3.51. The molecule has 1 aromatic rings. The van der Waals surface area contributed by atoms with Gasteiger partial charge < -0.3 is 10.2 Å². The van der Waals surface area contributed by atoms with Gasteiger partial charge in [-0.25, -0.2) is 0 Å². The summed E-state index contributed by atoms with van der Waals surface area (Å²) in [5.74, 6) is 0.497. The molecule has 0 radical (unpaired) electrons. The van der Waals surface area contributed by atoms with Gasteiger partial charge in [-0.15, -0.1) is 0 Å². The van der Waals surface area contributed by atoms with Crippen LogP contribution in [0.15, 0.2) is 18.2 Å². The van der Waals surface area contributed by atoms with Gasteiger partial charge in [-0.05, 0) is 30.5 Å². The minimum absolute atomic E-state index is 0.0192. The molecule has 6 heteroatoms. The third kappa shape index (κ3) is 3.57. The Bertz CT molecular complexity index is 686. The van der Waals surface area contributed by atoms with Gasteiger partial charge in [0, 0.05) is 50.4 Å². The van der Waals surface area contributed by atoms with Gasteiger partial charge in [-0.1, -0.05) is 36.2 Å². The molecule has 0 spiro atoms. The largest absolute Gasteiger partial charge is 0.343 e. The molecule has 2 aliphatic rings. The highest BCUT2D eigenvalue weighted by atomic mass is 35.5. The van der Waals surface area contributed by atoms with Crippen LogP contribution < -0.4 is 5.32 Å². The molecule has 2 fully saturated rings. The lowest BCUT2D eigenvalue weighted by Gasteiger charge is -2.37. The summed E-state index contributed by atoms with van der Waals surface area (Å²) in [6, 6.07) is 5.65. The molecule has 0 unspecified atom stereocenters. The summed E-state index contributed by atoms with van der Waals surface area (Å²) in [6.45, 7) is 6.42. The van der Waals surface area contributed by atoms with Gasteiger partial charge in [-0.3, -0.25) is 9.59 Å². The van der Waals surface area contributed by atoms with E-state index in [2.05, 4.69) is 12.2 Å². The first-order chi connectivity index (χ1) is 11.8. The van der Waals surface area contributed by atoms with E-state index in [-0.39, 0.29) is 17.7 Å². The lowest BCUT2D eigenvalue weighted by Crippen LogP contribution is -2.45. The van der Waals surface area contributed by atoms with E-state index < -0.39 is 5.41 Å². The van der Waals surface area contributed by atoms with Crippen LogP contribution in [0.5, 0.6) is 0 Å². The van der Waals surface area contributed by atoms with Crippen LogP contribution >= 0.6 is 23.2 Å². The van der Waals surface area contributed by atoms with Crippen LogP contribution in [-0.2, 0) is 9.59 Å². The van der Waals surface area contributed by atoms with Crippen molar-refractivity contribution in [2.24, 2.45) is 11.3 Å². The first kappa shape index (κ1) is 18.7. The smallest absolute Gasteiger partial charge is 0.219 e. The van der Waals surface area contributed by atoms with Gasteiger partial charge in [0.05, 0.1) is 10.0 Å². The van der Waals surface area contributed by atoms with Crippen LogP contribution in [0.4, 0.5) is 0 Å². The van der Waals surface area contributed by atoms with Crippen LogP contribution in [0.3, 0.4) is 0 Å². The highest BCUT2D eigenvalue weighted by Gasteiger charge is 2.48. The molecule has 3 rings (SSSR count). The molecular formula is C19H24Cl2N2O2. The lowest BCUT2D eigenvalue weighted by molar-refractivity contribution is -0.137. The molecule has 1 aromatic carbocycles. The van der Waals surface area contributed by atoms with Crippen LogP contribution in [-0.4, -0.2) is 42.8 Å². The Morgan fingerprint density at radius 1 is 1.20 bits per heavy atom. The highest BCUT2D eigenvalue weighted by molar-refractivity contribution is 6.42. The number of piperidine rings is 1. The number of rotatable bonds is 3. The molecule has 1 amide bonds. The van der Waals surface area contributed by atoms with E-state index in [1.807, 2.05) is 17.0 Å². The zero-order valence-electron chi connectivity index (χ0n) is 14.6. The van der Waals surface area contributed by atoms with E-state index in [1.165, 1.54) is 0 Å². The van der Waals surface area contributed by atoms with E-state index in [0.717, 1.165) is 24.9 Å². The van der Waals surface area contributed by atoms with Crippen molar-refractivity contribution in [2.75, 3.05) is 26.2 Å². The summed E-state index contributed by atoms with van der Waals surface area (Å²) >= 11 is 12.2. The predicted molar refractivity (Wildman–Crippen MR) is 100 cm³/mol. The standard InChI is InChI=1S/C19H24Cl2N2O2/c1-12(24)23-7-5-13(6-8-23)18(25)19(2)11-22-10-15(19)14-3-4-16(20)17(21)9-14/h3-4,9,13,15,22H,5-8,10-11H2,1-2H3/t15-,19-/m1/s1. The molecule has 0 aromatic heterocycles. The zero-order chi connectivity index (χ0) is 18.2. The van der Waals surface area contributed by atoms with Gasteiger partial charge in [0.1, 0.15) is 5.78 Å². The number of ketones is 1. The molecule has 0 saturated carbocycles. The maximum atomic E-state index is 13.3. The van der Waals surface area contributed by atoms with Gasteiger partial charge in [0.25, 0.3) is 0 Å². The molecular weight excluding hydrogens is 359 g/mol. The van der Waals surface area contributed by atoms with Crippen molar-refractivity contribution in [1.82, 2.24) is 10.2 Å². The number of Topliss-reactive ketones (excluding diaryl/α,β-unsaturated/α-hetero) is 1. The van der Waals surface area contributed by atoms with Crippen LogP contribution in [0, 0.1) is 11.3 Å². The Labute approximate surface area is 158 Å². The fourth-order valence-electron chi connectivity index (χ4n) is 4.22. The number of likely N-dealkylation sites (tertiary alicyclic amines) is 1. The number of carbonyl (C=O) groups is 2. The number of hydrogen-bond donors (Lipinski definition) is 1. The summed E-state index contributed by atoms with van der Waals surface area (Å²) in [6.07, 6.45) is 1.50. The number of halogens is 2. The summed E-state index contributed by atoms with van der Waals surface area (Å²) in [5.41, 5.74) is 0.594. The minimum atomic E-state index is -0.458. The second-order valence-corrected chi connectivity index (χ2v) is 8.23. The van der Waals surface area contributed by atoms with E-state index in [0.29, 0.717) is 35.5 Å². The molecule has 25 heavy (non-hydrogen) atoms. The second-order valence-electron chi connectivity index (χ2n) is 7.42. The second kappa shape index (κ2) is 7.26. The molecule has 2 saturated heterocycles. The summed E-state index contributed by atoms with van der Waals surface area (Å²) in [4.78, 5) is 26.7. The Morgan fingerprint density at radius 3 is 2.48 bits per heavy atom. The quantitative estimate of drug-likeness (QED) is 0.869. The maximum absolute atomic E-state index is 13.3. The minimum Gasteiger partial charge on any atom is -0.343 e. The van der Waals surface area contributed by atoms with Crippen molar-refractivity contribution in [1.29, 1.82) is 0 Å². The van der Waals surface area contributed by atoms with Gasteiger partial charge in [-0.2, -0.15) is 0 Å². The zero-order valence-corrected chi connectivity index (χ0v) is 16.2. The number of nitrogens with one attached hydrogen (secondary N) is 1.